The predicted octanol–water partition coefficient (Wildman–Crippen LogP) is 6.22. The number of esters is 1. The number of ether oxygens (including phenoxy) is 3. The van der Waals surface area contributed by atoms with Gasteiger partial charge in [-0.3, -0.25) is 4.79 Å². The molecule has 0 heterocycles. The van der Waals surface area contributed by atoms with Gasteiger partial charge in [0.2, 0.25) is 5.91 Å². The summed E-state index contributed by atoms with van der Waals surface area (Å²) in [6.45, 7) is 4.73. The maximum atomic E-state index is 13.6. The first-order chi connectivity index (χ1) is 22.2. The molecule has 4 rings (SSSR count). The summed E-state index contributed by atoms with van der Waals surface area (Å²) in [5.41, 5.74) is 5.26. The monoisotopic (exact) mass is 759 g/mol. The van der Waals surface area contributed by atoms with Crippen LogP contribution < -0.4 is 15.4 Å². The number of fused-ring (bicyclic) bond motifs is 3. The summed E-state index contributed by atoms with van der Waals surface area (Å²) in [5.74, 6) is -0.581. The van der Waals surface area contributed by atoms with Gasteiger partial charge in [-0.15, -0.1) is 0 Å². The fourth-order valence-corrected chi connectivity index (χ4v) is 6.50. The van der Waals surface area contributed by atoms with Crippen LogP contribution in [0.1, 0.15) is 41.9 Å². The Balaban J connectivity index is 1.44. The van der Waals surface area contributed by atoms with E-state index in [1.807, 2.05) is 36.4 Å². The summed E-state index contributed by atoms with van der Waals surface area (Å²) in [5, 5.41) is 5.53. The molecule has 0 aliphatic heterocycles. The van der Waals surface area contributed by atoms with Crippen molar-refractivity contribution >= 4 is 52.3 Å². The second kappa shape index (κ2) is 17.3. The Labute approximate surface area is 288 Å². The Morgan fingerprint density at radius 2 is 1.74 bits per heavy atom. The van der Waals surface area contributed by atoms with Gasteiger partial charge >= 0.3 is 12.1 Å². The van der Waals surface area contributed by atoms with E-state index in [2.05, 4.69) is 58.0 Å². The van der Waals surface area contributed by atoms with E-state index in [1.54, 1.807) is 25.3 Å². The molecule has 1 aliphatic rings. The van der Waals surface area contributed by atoms with Crippen molar-refractivity contribution in [2.45, 2.75) is 43.7 Å². The third kappa shape index (κ3) is 9.46. The van der Waals surface area contributed by atoms with Crippen LogP contribution in [-0.2, 0) is 25.5 Å². The predicted molar refractivity (Wildman–Crippen MR) is 187 cm³/mol. The van der Waals surface area contributed by atoms with Crippen LogP contribution in [0.15, 0.2) is 79.4 Å². The molecule has 244 valence electrons. The van der Waals surface area contributed by atoms with Gasteiger partial charge in [0.1, 0.15) is 31.0 Å². The molecular formula is C35H39ClIN3O6. The zero-order valence-electron chi connectivity index (χ0n) is 26.0. The van der Waals surface area contributed by atoms with Crippen LogP contribution in [0.3, 0.4) is 0 Å². The zero-order valence-corrected chi connectivity index (χ0v) is 28.9. The Bertz CT molecular complexity index is 1520. The van der Waals surface area contributed by atoms with Crippen molar-refractivity contribution in [1.82, 2.24) is 15.1 Å². The van der Waals surface area contributed by atoms with Crippen molar-refractivity contribution in [2.75, 3.05) is 33.9 Å². The van der Waals surface area contributed by atoms with Crippen LogP contribution in [0.2, 0.25) is 0 Å². The lowest BCUT2D eigenvalue weighted by Crippen LogP contribution is -2.52. The minimum absolute atomic E-state index is 0.110. The minimum atomic E-state index is -0.972. The number of halogens is 2. The van der Waals surface area contributed by atoms with Crippen LogP contribution in [0, 0.1) is 3.57 Å². The number of benzene rings is 3. The van der Waals surface area contributed by atoms with E-state index in [1.165, 1.54) is 11.5 Å². The summed E-state index contributed by atoms with van der Waals surface area (Å²) in [7, 11) is 3.02. The van der Waals surface area contributed by atoms with Crippen LogP contribution in [0.4, 0.5) is 4.79 Å². The van der Waals surface area contributed by atoms with Gasteiger partial charge in [-0.25, -0.2) is 14.0 Å². The van der Waals surface area contributed by atoms with Crippen LogP contribution in [-0.4, -0.2) is 68.4 Å². The molecule has 46 heavy (non-hydrogen) atoms. The Hall–Kier alpha value is -3.61. The number of nitrogens with zero attached hydrogens (tertiary/aromatic N) is 1. The van der Waals surface area contributed by atoms with Gasteiger partial charge in [-0.1, -0.05) is 61.2 Å². The molecule has 2 N–H and O–H groups in total. The van der Waals surface area contributed by atoms with Gasteiger partial charge in [0, 0.05) is 29.5 Å². The van der Waals surface area contributed by atoms with E-state index >= 15 is 0 Å². The second-order valence-corrected chi connectivity index (χ2v) is 12.7. The summed E-state index contributed by atoms with van der Waals surface area (Å²) in [6, 6.07) is 19.5. The first-order valence-corrected chi connectivity index (χ1v) is 16.5. The lowest BCUT2D eigenvalue weighted by Gasteiger charge is -2.23. The topological polar surface area (TPSA) is 106 Å². The summed E-state index contributed by atoms with van der Waals surface area (Å²) >= 11 is 8.27. The fourth-order valence-electron chi connectivity index (χ4n) is 5.51. The number of carbonyl (C=O) groups is 3. The molecule has 0 aromatic heterocycles. The van der Waals surface area contributed by atoms with E-state index in [4.69, 9.17) is 26.0 Å². The largest absolute Gasteiger partial charge is 0.490 e. The summed E-state index contributed by atoms with van der Waals surface area (Å²) in [4.78, 5) is 39.5. The van der Waals surface area contributed by atoms with Gasteiger partial charge in [-0.05, 0) is 99.6 Å². The van der Waals surface area contributed by atoms with Gasteiger partial charge in [0.05, 0.1) is 7.11 Å². The van der Waals surface area contributed by atoms with Crippen molar-refractivity contribution in [3.05, 3.63) is 99.6 Å². The number of amides is 2. The number of hydrogen-bond donors (Lipinski definition) is 2. The van der Waals surface area contributed by atoms with Gasteiger partial charge < -0.3 is 24.8 Å². The first kappa shape index (κ1) is 35.2. The smallest absolute Gasteiger partial charge is 0.407 e. The van der Waals surface area contributed by atoms with Gasteiger partial charge in [-0.2, -0.15) is 0 Å². The lowest BCUT2D eigenvalue weighted by atomic mass is 9.98. The molecule has 0 radical (unpaired) electrons. The van der Waals surface area contributed by atoms with Crippen LogP contribution >= 0.6 is 34.4 Å². The van der Waals surface area contributed by atoms with Crippen molar-refractivity contribution in [1.29, 1.82) is 0 Å². The average molecular weight is 760 g/mol. The Morgan fingerprint density at radius 3 is 2.46 bits per heavy atom. The van der Waals surface area contributed by atoms with Crippen molar-refractivity contribution in [3.8, 4) is 16.9 Å². The number of unbranched alkanes of at least 4 members (excludes halogenated alkanes) is 1. The standard InChI is InChI=1S/C35H39ClIN3O6/c1-4-20-45-24-17-15-23(16-18-24)21-31(34(42)44-3)38-33(41)30(14-7-8-19-40(2)36)39-35(43)46-22-28-26-11-6-5-10-25(26)27-12-9-13-29(37)32(27)28/h4-6,9-13,15-18,28,30-31H,1,7-8,14,19-22H2,2-3H3,(H,38,41)(H,39,43)/t28?,30-,31+/m1/s1. The number of alkyl carbamates (subject to hydrolysis) is 1. The quantitative estimate of drug-likeness (QED) is 0.0588. The molecule has 0 saturated carbocycles. The summed E-state index contributed by atoms with van der Waals surface area (Å²) < 4.78 is 18.9. The minimum Gasteiger partial charge on any atom is -0.490 e. The highest BCUT2D eigenvalue weighted by molar-refractivity contribution is 14.1. The SMILES string of the molecule is C=CCOc1ccc(C[C@H](NC(=O)[C@@H](CCCCN(C)Cl)NC(=O)OCC2c3ccccc3-c3cccc(I)c32)C(=O)OC)cc1. The van der Waals surface area contributed by atoms with Crippen molar-refractivity contribution in [3.63, 3.8) is 0 Å². The fraction of sp³-hybridized carbons (Fsp3) is 0.343. The molecule has 1 unspecified atom stereocenters. The van der Waals surface area contributed by atoms with E-state index in [-0.39, 0.29) is 18.9 Å². The number of nitrogens with one attached hydrogen (secondary N) is 2. The lowest BCUT2D eigenvalue weighted by molar-refractivity contribution is -0.145. The molecule has 0 fully saturated rings. The van der Waals surface area contributed by atoms with E-state index in [9.17, 15) is 14.4 Å². The Kier molecular flexibility index (Phi) is 13.3. The van der Waals surface area contributed by atoms with E-state index in [0.29, 0.717) is 38.2 Å². The second-order valence-electron chi connectivity index (χ2n) is 11.0. The van der Waals surface area contributed by atoms with Gasteiger partial charge in [0.25, 0.3) is 0 Å². The third-order valence-corrected chi connectivity index (χ3v) is 8.87. The molecule has 3 aromatic carbocycles. The van der Waals surface area contributed by atoms with Gasteiger partial charge in [0.15, 0.2) is 0 Å². The maximum absolute atomic E-state index is 13.6. The molecule has 0 bridgehead atoms. The third-order valence-electron chi connectivity index (χ3n) is 7.76. The highest BCUT2D eigenvalue weighted by Crippen LogP contribution is 2.46. The van der Waals surface area contributed by atoms with E-state index < -0.39 is 30.1 Å². The molecule has 3 atom stereocenters. The van der Waals surface area contributed by atoms with Crippen molar-refractivity contribution in [2.24, 2.45) is 0 Å². The molecular weight excluding hydrogens is 721 g/mol. The summed E-state index contributed by atoms with van der Waals surface area (Å²) in [6.07, 6.45) is 2.76. The molecule has 9 nitrogen and oxygen atoms in total. The first-order valence-electron chi connectivity index (χ1n) is 15.1. The average Bonchev–Trinajstić information content (AvgIpc) is 3.38. The van der Waals surface area contributed by atoms with Crippen molar-refractivity contribution < 1.29 is 28.6 Å². The highest BCUT2D eigenvalue weighted by Gasteiger charge is 2.32. The molecule has 0 saturated heterocycles. The number of carbonyl (C=O) groups excluding carboxylic acids is 3. The molecule has 3 aromatic rings. The Morgan fingerprint density at radius 1 is 1.00 bits per heavy atom. The molecule has 0 spiro atoms. The van der Waals surface area contributed by atoms with E-state index in [0.717, 1.165) is 31.4 Å². The maximum Gasteiger partial charge on any atom is 0.407 e. The zero-order chi connectivity index (χ0) is 33.1. The van der Waals surface area contributed by atoms with Crippen LogP contribution in [0.5, 0.6) is 5.75 Å². The molecule has 2 amide bonds. The number of methoxy groups -OCH3 is 1. The number of hydrogen-bond acceptors (Lipinski definition) is 7. The normalized spacial score (nSPS) is 14.4. The number of rotatable bonds is 16. The molecule has 11 heteroatoms. The molecule has 1 aliphatic carbocycles. The highest BCUT2D eigenvalue weighted by atomic mass is 127. The van der Waals surface area contributed by atoms with Crippen LogP contribution in [0.25, 0.3) is 11.1 Å².